The molecule has 0 bridgehead atoms. The molecule has 0 aliphatic rings. The van der Waals surface area contributed by atoms with Gasteiger partial charge < -0.3 is 5.11 Å². The third-order valence-electron chi connectivity index (χ3n) is 3.96. The Balaban J connectivity index is 1.95. The van der Waals surface area contributed by atoms with Crippen LogP contribution < -0.4 is 0 Å². The molecule has 0 saturated heterocycles. The van der Waals surface area contributed by atoms with Crippen molar-refractivity contribution in [3.63, 3.8) is 0 Å². The van der Waals surface area contributed by atoms with Gasteiger partial charge in [0.15, 0.2) is 0 Å². The van der Waals surface area contributed by atoms with Crippen LogP contribution in [0.5, 0.6) is 0 Å². The van der Waals surface area contributed by atoms with Crippen LogP contribution in [0.1, 0.15) is 35.3 Å². The maximum absolute atomic E-state index is 10.4. The largest absolute Gasteiger partial charge is 0.387 e. The van der Waals surface area contributed by atoms with Crippen molar-refractivity contribution in [1.29, 1.82) is 0 Å². The van der Waals surface area contributed by atoms with E-state index < -0.39 is 6.10 Å². The average Bonchev–Trinajstić information content (AvgIpc) is 2.49. The number of nitrogens with zero attached hydrogens (tertiary/aromatic N) is 1. The van der Waals surface area contributed by atoms with Crippen LogP contribution in [-0.2, 0) is 13.0 Å². The molecule has 0 spiro atoms. The summed E-state index contributed by atoms with van der Waals surface area (Å²) in [5, 5.41) is 10.4. The Hall–Kier alpha value is -1.64. The van der Waals surface area contributed by atoms with E-state index in [2.05, 4.69) is 62.2 Å². The SMILES string of the molecule is CCc1ccc(C(O)CN(C)Cc2ccccc2C)cc1. The Kier molecular flexibility index (Phi) is 5.54. The molecule has 2 aromatic carbocycles. The zero-order chi connectivity index (χ0) is 15.2. The highest BCUT2D eigenvalue weighted by Gasteiger charge is 2.11. The number of benzene rings is 2. The van der Waals surface area contributed by atoms with Crippen LogP contribution >= 0.6 is 0 Å². The quantitative estimate of drug-likeness (QED) is 0.873. The molecule has 0 saturated carbocycles. The lowest BCUT2D eigenvalue weighted by Gasteiger charge is -2.22. The first-order chi connectivity index (χ1) is 10.1. The van der Waals surface area contributed by atoms with Gasteiger partial charge in [0.2, 0.25) is 0 Å². The van der Waals surface area contributed by atoms with Gasteiger partial charge >= 0.3 is 0 Å². The maximum Gasteiger partial charge on any atom is 0.0916 e. The number of hydrogen-bond donors (Lipinski definition) is 1. The maximum atomic E-state index is 10.4. The first-order valence-electron chi connectivity index (χ1n) is 7.60. The molecule has 0 fully saturated rings. The zero-order valence-corrected chi connectivity index (χ0v) is 13.2. The highest BCUT2D eigenvalue weighted by molar-refractivity contribution is 5.26. The predicted octanol–water partition coefficient (Wildman–Crippen LogP) is 3.72. The molecule has 0 heterocycles. The van der Waals surface area contributed by atoms with Crippen molar-refractivity contribution in [1.82, 2.24) is 4.90 Å². The molecule has 2 heteroatoms. The van der Waals surface area contributed by atoms with E-state index in [1.165, 1.54) is 16.7 Å². The van der Waals surface area contributed by atoms with Gasteiger partial charge in [-0.15, -0.1) is 0 Å². The molecule has 2 nitrogen and oxygen atoms in total. The minimum absolute atomic E-state index is 0.440. The zero-order valence-electron chi connectivity index (χ0n) is 13.2. The lowest BCUT2D eigenvalue weighted by molar-refractivity contribution is 0.123. The Morgan fingerprint density at radius 2 is 1.71 bits per heavy atom. The van der Waals surface area contributed by atoms with Crippen LogP contribution in [0.25, 0.3) is 0 Å². The van der Waals surface area contributed by atoms with Crippen molar-refractivity contribution in [3.05, 3.63) is 70.8 Å². The molecule has 0 aliphatic carbocycles. The van der Waals surface area contributed by atoms with Crippen LogP contribution in [0, 0.1) is 6.92 Å². The van der Waals surface area contributed by atoms with Gasteiger partial charge in [-0.3, -0.25) is 4.90 Å². The van der Waals surface area contributed by atoms with Gasteiger partial charge in [0.25, 0.3) is 0 Å². The number of hydrogen-bond acceptors (Lipinski definition) is 2. The predicted molar refractivity (Wildman–Crippen MR) is 88.3 cm³/mol. The van der Waals surface area contributed by atoms with E-state index in [1.807, 2.05) is 12.1 Å². The van der Waals surface area contributed by atoms with E-state index >= 15 is 0 Å². The minimum Gasteiger partial charge on any atom is -0.387 e. The van der Waals surface area contributed by atoms with Crippen molar-refractivity contribution >= 4 is 0 Å². The van der Waals surface area contributed by atoms with E-state index in [-0.39, 0.29) is 0 Å². The molecule has 112 valence electrons. The highest BCUT2D eigenvalue weighted by atomic mass is 16.3. The fourth-order valence-corrected chi connectivity index (χ4v) is 2.52. The van der Waals surface area contributed by atoms with E-state index in [0.29, 0.717) is 6.54 Å². The molecule has 0 aromatic heterocycles. The lowest BCUT2D eigenvalue weighted by atomic mass is 10.0. The highest BCUT2D eigenvalue weighted by Crippen LogP contribution is 2.17. The van der Waals surface area contributed by atoms with E-state index in [0.717, 1.165) is 18.5 Å². The molecule has 0 radical (unpaired) electrons. The van der Waals surface area contributed by atoms with Crippen molar-refractivity contribution < 1.29 is 5.11 Å². The molecule has 21 heavy (non-hydrogen) atoms. The van der Waals surface area contributed by atoms with Gasteiger partial charge in [0, 0.05) is 13.1 Å². The molecular formula is C19H25NO. The van der Waals surface area contributed by atoms with E-state index in [9.17, 15) is 5.11 Å². The summed E-state index contributed by atoms with van der Waals surface area (Å²) in [6, 6.07) is 16.7. The Bertz CT molecular complexity index is 562. The van der Waals surface area contributed by atoms with Crippen LogP contribution in [-0.4, -0.2) is 23.6 Å². The fraction of sp³-hybridized carbons (Fsp3) is 0.368. The molecule has 0 amide bonds. The summed E-state index contributed by atoms with van der Waals surface area (Å²) >= 11 is 0. The molecule has 1 N–H and O–H groups in total. The summed E-state index contributed by atoms with van der Waals surface area (Å²) in [4.78, 5) is 2.17. The standard InChI is InChI=1S/C19H25NO/c1-4-16-9-11-17(12-10-16)19(21)14-20(3)13-18-8-6-5-7-15(18)2/h5-12,19,21H,4,13-14H2,1-3H3. The Morgan fingerprint density at radius 3 is 2.33 bits per heavy atom. The van der Waals surface area contributed by atoms with Gasteiger partial charge in [-0.1, -0.05) is 55.5 Å². The Morgan fingerprint density at radius 1 is 1.05 bits per heavy atom. The van der Waals surface area contributed by atoms with Crippen LogP contribution in [0.15, 0.2) is 48.5 Å². The number of aliphatic hydroxyl groups is 1. The van der Waals surface area contributed by atoms with Crippen LogP contribution in [0.3, 0.4) is 0 Å². The molecule has 0 aliphatic heterocycles. The topological polar surface area (TPSA) is 23.5 Å². The van der Waals surface area contributed by atoms with Crippen LogP contribution in [0.4, 0.5) is 0 Å². The second-order valence-electron chi connectivity index (χ2n) is 5.73. The van der Waals surface area contributed by atoms with Crippen LogP contribution in [0.2, 0.25) is 0 Å². The first kappa shape index (κ1) is 15.7. The van der Waals surface area contributed by atoms with Crippen molar-refractivity contribution in [2.24, 2.45) is 0 Å². The number of aliphatic hydroxyl groups excluding tert-OH is 1. The molecule has 1 atom stereocenters. The normalized spacial score (nSPS) is 12.6. The number of likely N-dealkylation sites (N-methyl/N-ethyl adjacent to an activating group) is 1. The van der Waals surface area contributed by atoms with Gasteiger partial charge in [0.05, 0.1) is 6.10 Å². The van der Waals surface area contributed by atoms with E-state index in [4.69, 9.17) is 0 Å². The Labute approximate surface area is 128 Å². The van der Waals surface area contributed by atoms with Gasteiger partial charge in [-0.05, 0) is 42.6 Å². The minimum atomic E-state index is -0.440. The summed E-state index contributed by atoms with van der Waals surface area (Å²) in [7, 11) is 2.05. The molecule has 2 rings (SSSR count). The third-order valence-corrected chi connectivity index (χ3v) is 3.96. The average molecular weight is 283 g/mol. The molecule has 2 aromatic rings. The summed E-state index contributed by atoms with van der Waals surface area (Å²) in [6.07, 6.45) is 0.591. The van der Waals surface area contributed by atoms with Gasteiger partial charge in [-0.25, -0.2) is 0 Å². The fourth-order valence-electron chi connectivity index (χ4n) is 2.52. The van der Waals surface area contributed by atoms with Crippen molar-refractivity contribution in [2.45, 2.75) is 32.9 Å². The summed E-state index contributed by atoms with van der Waals surface area (Å²) in [6.45, 7) is 5.76. The molecular weight excluding hydrogens is 258 g/mol. The monoisotopic (exact) mass is 283 g/mol. The van der Waals surface area contributed by atoms with Crippen molar-refractivity contribution in [2.75, 3.05) is 13.6 Å². The number of aryl methyl sites for hydroxylation is 2. The van der Waals surface area contributed by atoms with Gasteiger partial charge in [-0.2, -0.15) is 0 Å². The smallest absolute Gasteiger partial charge is 0.0916 e. The summed E-state index contributed by atoms with van der Waals surface area (Å²) < 4.78 is 0. The molecule has 1 unspecified atom stereocenters. The third kappa shape index (κ3) is 4.42. The van der Waals surface area contributed by atoms with E-state index in [1.54, 1.807) is 0 Å². The van der Waals surface area contributed by atoms with Gasteiger partial charge in [0.1, 0.15) is 0 Å². The second kappa shape index (κ2) is 7.39. The summed E-state index contributed by atoms with van der Waals surface area (Å²) in [5.41, 5.74) is 4.91. The van der Waals surface area contributed by atoms with Crippen molar-refractivity contribution in [3.8, 4) is 0 Å². The number of rotatable bonds is 6. The first-order valence-corrected chi connectivity index (χ1v) is 7.60. The second-order valence-corrected chi connectivity index (χ2v) is 5.73. The summed E-state index contributed by atoms with van der Waals surface area (Å²) in [5.74, 6) is 0. The lowest BCUT2D eigenvalue weighted by Crippen LogP contribution is -2.24.